The van der Waals surface area contributed by atoms with Crippen molar-refractivity contribution >= 4 is 23.5 Å². The maximum absolute atomic E-state index is 12.5. The summed E-state index contributed by atoms with van der Waals surface area (Å²) in [7, 11) is 0. The van der Waals surface area contributed by atoms with E-state index in [4.69, 9.17) is 4.74 Å². The molecule has 2 aromatic rings. The minimum absolute atomic E-state index is 0.00990. The molecule has 0 aliphatic heterocycles. The average Bonchev–Trinajstić information content (AvgIpc) is 3.15. The molecule has 0 bridgehead atoms. The number of aryl methyl sites for hydroxylation is 2. The lowest BCUT2D eigenvalue weighted by Gasteiger charge is -2.13. The highest BCUT2D eigenvalue weighted by atomic mass is 16.5. The summed E-state index contributed by atoms with van der Waals surface area (Å²) in [6, 6.07) is 14.3. The van der Waals surface area contributed by atoms with Gasteiger partial charge in [0.2, 0.25) is 5.78 Å². The van der Waals surface area contributed by atoms with E-state index in [0.717, 1.165) is 19.3 Å². The molecular formula is C22H24N2O4. The molecule has 3 rings (SSSR count). The normalized spacial score (nSPS) is 13.3. The van der Waals surface area contributed by atoms with Crippen molar-refractivity contribution in [2.75, 3.05) is 11.9 Å². The average molecular weight is 380 g/mol. The lowest BCUT2D eigenvalue weighted by Crippen LogP contribution is -2.32. The summed E-state index contributed by atoms with van der Waals surface area (Å²) in [6.45, 7) is 1.69. The molecule has 1 aliphatic rings. The zero-order chi connectivity index (χ0) is 19.9. The van der Waals surface area contributed by atoms with E-state index in [1.807, 2.05) is 30.3 Å². The molecule has 6 heteroatoms. The van der Waals surface area contributed by atoms with Gasteiger partial charge in [0.15, 0.2) is 6.10 Å². The first-order chi connectivity index (χ1) is 13.5. The Morgan fingerprint density at radius 1 is 1.04 bits per heavy atom. The molecule has 2 N–H and O–H groups in total. The number of hydrogen-bond donors (Lipinski definition) is 2. The fraction of sp³-hybridized carbons (Fsp3) is 0.318. The largest absolute Gasteiger partial charge is 0.454 e. The fourth-order valence-corrected chi connectivity index (χ4v) is 3.24. The quantitative estimate of drug-likeness (QED) is 0.569. The van der Waals surface area contributed by atoms with Gasteiger partial charge in [-0.25, -0.2) is 4.79 Å². The topological polar surface area (TPSA) is 84.5 Å². The first-order valence-corrected chi connectivity index (χ1v) is 9.48. The van der Waals surface area contributed by atoms with E-state index < -0.39 is 18.1 Å². The van der Waals surface area contributed by atoms with Gasteiger partial charge in [0.1, 0.15) is 0 Å². The molecule has 1 atom stereocenters. The van der Waals surface area contributed by atoms with Gasteiger partial charge in [-0.1, -0.05) is 30.3 Å². The molecule has 28 heavy (non-hydrogen) atoms. The number of para-hydroxylation sites is 1. The Kier molecular flexibility index (Phi) is 6.42. The number of Topliss-reactive ketones (excluding diaryl/α,β-unsaturated/α-hetero) is 1. The Bertz CT molecular complexity index is 864. The third-order valence-electron chi connectivity index (χ3n) is 4.71. The third kappa shape index (κ3) is 5.19. The van der Waals surface area contributed by atoms with Crippen molar-refractivity contribution in [2.24, 2.45) is 0 Å². The van der Waals surface area contributed by atoms with Gasteiger partial charge in [-0.3, -0.25) is 9.59 Å². The predicted molar refractivity (Wildman–Crippen MR) is 106 cm³/mol. The van der Waals surface area contributed by atoms with E-state index in [1.165, 1.54) is 11.1 Å². The van der Waals surface area contributed by atoms with Gasteiger partial charge in [0.25, 0.3) is 0 Å². The lowest BCUT2D eigenvalue weighted by atomic mass is 10.0. The number of esters is 1. The van der Waals surface area contributed by atoms with Crippen molar-refractivity contribution in [3.8, 4) is 0 Å². The highest BCUT2D eigenvalue weighted by Gasteiger charge is 2.21. The summed E-state index contributed by atoms with van der Waals surface area (Å²) in [5.41, 5.74) is 3.73. The Morgan fingerprint density at radius 3 is 2.57 bits per heavy atom. The molecule has 0 aromatic heterocycles. The zero-order valence-corrected chi connectivity index (χ0v) is 15.9. The van der Waals surface area contributed by atoms with Crippen LogP contribution >= 0.6 is 0 Å². The number of ketones is 1. The van der Waals surface area contributed by atoms with Gasteiger partial charge in [-0.05, 0) is 55.5 Å². The number of hydrogen-bond acceptors (Lipinski definition) is 4. The van der Waals surface area contributed by atoms with Crippen LogP contribution in [0.4, 0.5) is 10.5 Å². The molecule has 0 spiro atoms. The van der Waals surface area contributed by atoms with E-state index >= 15 is 0 Å². The Labute approximate surface area is 164 Å². The maximum atomic E-state index is 12.5. The predicted octanol–water partition coefficient (Wildman–Crippen LogP) is 3.50. The number of carbonyl (C=O) groups excluding carboxylic acids is 3. The zero-order valence-electron chi connectivity index (χ0n) is 15.9. The lowest BCUT2D eigenvalue weighted by molar-refractivity contribution is -0.146. The maximum Gasteiger partial charge on any atom is 0.319 e. The van der Waals surface area contributed by atoms with Crippen LogP contribution in [0.3, 0.4) is 0 Å². The number of carbonyl (C=O) groups is 3. The van der Waals surface area contributed by atoms with Crippen LogP contribution in [0.15, 0.2) is 48.5 Å². The highest BCUT2D eigenvalue weighted by molar-refractivity contribution is 6.00. The van der Waals surface area contributed by atoms with Gasteiger partial charge in [-0.15, -0.1) is 0 Å². The van der Waals surface area contributed by atoms with E-state index in [2.05, 4.69) is 10.6 Å². The molecule has 2 aromatic carbocycles. The second-order valence-corrected chi connectivity index (χ2v) is 6.83. The Balaban J connectivity index is 1.41. The van der Waals surface area contributed by atoms with Crippen LogP contribution in [0.1, 0.15) is 41.3 Å². The summed E-state index contributed by atoms with van der Waals surface area (Å²) >= 11 is 0. The molecule has 2 amide bonds. The summed E-state index contributed by atoms with van der Waals surface area (Å²) in [6.07, 6.45) is 2.29. The van der Waals surface area contributed by atoms with Gasteiger partial charge in [-0.2, -0.15) is 0 Å². The van der Waals surface area contributed by atoms with E-state index in [-0.39, 0.29) is 18.7 Å². The van der Waals surface area contributed by atoms with Crippen LogP contribution < -0.4 is 10.6 Å². The second-order valence-electron chi connectivity index (χ2n) is 6.83. The number of rotatable bonds is 7. The molecule has 0 heterocycles. The number of anilines is 1. The molecule has 6 nitrogen and oxygen atoms in total. The van der Waals surface area contributed by atoms with E-state index in [0.29, 0.717) is 11.3 Å². The number of nitrogens with one attached hydrogen (secondary N) is 2. The van der Waals surface area contributed by atoms with Crippen LogP contribution in [0.5, 0.6) is 0 Å². The van der Waals surface area contributed by atoms with Crippen molar-refractivity contribution < 1.29 is 19.1 Å². The van der Waals surface area contributed by atoms with Gasteiger partial charge in [0, 0.05) is 17.8 Å². The van der Waals surface area contributed by atoms with Crippen LogP contribution in [0, 0.1) is 0 Å². The van der Waals surface area contributed by atoms with Gasteiger partial charge in [0.05, 0.1) is 6.42 Å². The number of urea groups is 1. The second kappa shape index (κ2) is 9.17. The summed E-state index contributed by atoms with van der Waals surface area (Å²) < 4.78 is 5.23. The molecule has 0 saturated heterocycles. The SMILES string of the molecule is C[C@@H](OC(=O)CCNC(=O)Nc1ccccc1)C(=O)c1ccc2c(c1)CCC2. The monoisotopic (exact) mass is 380 g/mol. The molecule has 1 aliphatic carbocycles. The number of amides is 2. The van der Waals surface area contributed by atoms with E-state index in [9.17, 15) is 14.4 Å². The van der Waals surface area contributed by atoms with Crippen molar-refractivity contribution in [3.05, 3.63) is 65.2 Å². The molecule has 0 saturated carbocycles. The molecule has 0 radical (unpaired) electrons. The van der Waals surface area contributed by atoms with Crippen LogP contribution in [-0.4, -0.2) is 30.4 Å². The fourth-order valence-electron chi connectivity index (χ4n) is 3.24. The van der Waals surface area contributed by atoms with Gasteiger partial charge >= 0.3 is 12.0 Å². The minimum Gasteiger partial charge on any atom is -0.454 e. The third-order valence-corrected chi connectivity index (χ3v) is 4.71. The first kappa shape index (κ1) is 19.6. The van der Waals surface area contributed by atoms with Crippen molar-refractivity contribution in [1.29, 1.82) is 0 Å². The van der Waals surface area contributed by atoms with E-state index in [1.54, 1.807) is 25.1 Å². The molecule has 146 valence electrons. The van der Waals surface area contributed by atoms with Crippen LogP contribution in [-0.2, 0) is 22.4 Å². The van der Waals surface area contributed by atoms with Crippen LogP contribution in [0.25, 0.3) is 0 Å². The summed E-state index contributed by atoms with van der Waals surface area (Å²) in [5.74, 6) is -0.736. The summed E-state index contributed by atoms with van der Waals surface area (Å²) in [4.78, 5) is 36.3. The van der Waals surface area contributed by atoms with Crippen LogP contribution in [0.2, 0.25) is 0 Å². The number of ether oxygens (including phenoxy) is 1. The summed E-state index contributed by atoms with van der Waals surface area (Å²) in [5, 5.41) is 5.25. The van der Waals surface area contributed by atoms with Gasteiger partial charge < -0.3 is 15.4 Å². The number of fused-ring (bicyclic) bond motifs is 1. The van der Waals surface area contributed by atoms with Crippen molar-refractivity contribution in [2.45, 2.75) is 38.7 Å². The smallest absolute Gasteiger partial charge is 0.319 e. The molecule has 0 fully saturated rings. The number of benzene rings is 2. The Morgan fingerprint density at radius 2 is 1.79 bits per heavy atom. The van der Waals surface area contributed by atoms with Crippen molar-refractivity contribution in [3.63, 3.8) is 0 Å². The highest BCUT2D eigenvalue weighted by Crippen LogP contribution is 2.23. The standard InChI is InChI=1S/C22H24N2O4/c1-15(21(26)18-11-10-16-6-5-7-17(16)14-18)28-20(25)12-13-23-22(27)24-19-8-3-2-4-9-19/h2-4,8-11,14-15H,5-7,12-13H2,1H3,(H2,23,24,27)/t15-/m1/s1. The minimum atomic E-state index is -0.856. The molecular weight excluding hydrogens is 356 g/mol. The van der Waals surface area contributed by atoms with Crippen molar-refractivity contribution in [1.82, 2.24) is 5.32 Å². The molecule has 0 unspecified atom stereocenters. The first-order valence-electron chi connectivity index (χ1n) is 9.48. The Hall–Kier alpha value is -3.15.